The standard InChI is InChI=1S/C18H27Cl2N2O4P/c1-13-12-26-27(23,21(8-5-19)9-6-20)22-7-4-14-10-16(24-2)17(25-3)11-15(14)18(13)22/h10-11,13,18H,4-9,12H2,1-3H3/t13-,18+,27?/m1/s1. The van der Waals surface area contributed by atoms with Crippen molar-refractivity contribution in [2.24, 2.45) is 5.92 Å². The molecule has 2 heterocycles. The summed E-state index contributed by atoms with van der Waals surface area (Å²) in [7, 11) is 0.0727. The van der Waals surface area contributed by atoms with Gasteiger partial charge < -0.3 is 14.4 Å². The molecule has 6 nitrogen and oxygen atoms in total. The smallest absolute Gasteiger partial charge is 0.253 e. The van der Waals surface area contributed by atoms with Crippen molar-refractivity contribution in [2.75, 3.05) is 52.2 Å². The lowest BCUT2D eigenvalue weighted by Crippen LogP contribution is -2.53. The minimum absolute atomic E-state index is 0.0127. The first kappa shape index (κ1) is 21.4. The van der Waals surface area contributed by atoms with Crippen molar-refractivity contribution >= 4 is 31.2 Å². The summed E-state index contributed by atoms with van der Waals surface area (Å²) in [5, 5.41) is 0. The molecule has 1 aromatic carbocycles. The Morgan fingerprint density at radius 1 is 1.22 bits per heavy atom. The predicted molar refractivity (Wildman–Crippen MR) is 108 cm³/mol. The average molecular weight is 437 g/mol. The Kier molecular flexibility index (Phi) is 7.12. The van der Waals surface area contributed by atoms with Gasteiger partial charge in [-0.2, -0.15) is 0 Å². The number of nitrogens with zero attached hydrogens (tertiary/aromatic N) is 2. The van der Waals surface area contributed by atoms with Crippen LogP contribution < -0.4 is 14.4 Å². The zero-order valence-electron chi connectivity index (χ0n) is 16.0. The van der Waals surface area contributed by atoms with E-state index in [4.69, 9.17) is 37.2 Å². The number of halogens is 2. The number of fused-ring (bicyclic) bond motifs is 3. The van der Waals surface area contributed by atoms with E-state index in [0.29, 0.717) is 43.8 Å². The summed E-state index contributed by atoms with van der Waals surface area (Å²) in [6.45, 7) is 4.15. The second-order valence-electron chi connectivity index (χ2n) is 6.86. The Morgan fingerprint density at radius 2 is 1.85 bits per heavy atom. The quantitative estimate of drug-likeness (QED) is 0.483. The molecule has 0 aliphatic carbocycles. The van der Waals surface area contributed by atoms with Gasteiger partial charge in [0.15, 0.2) is 11.5 Å². The number of methoxy groups -OCH3 is 2. The van der Waals surface area contributed by atoms with Gasteiger partial charge in [0.05, 0.1) is 40.0 Å². The first-order valence-electron chi connectivity index (χ1n) is 9.14. The number of hydrogen-bond acceptors (Lipinski definition) is 6. The highest BCUT2D eigenvalue weighted by Crippen LogP contribution is 2.66. The second kappa shape index (κ2) is 9.00. The van der Waals surface area contributed by atoms with E-state index in [1.165, 1.54) is 5.56 Å². The van der Waals surface area contributed by atoms with Crippen LogP contribution >= 0.6 is 31.2 Å². The molecule has 3 atom stereocenters. The van der Waals surface area contributed by atoms with Gasteiger partial charge in [0.2, 0.25) is 0 Å². The number of benzene rings is 1. The largest absolute Gasteiger partial charge is 0.626 e. The molecule has 9 heteroatoms. The zero-order valence-corrected chi connectivity index (χ0v) is 18.4. The number of hydrogen-bond donors (Lipinski definition) is 0. The van der Waals surface area contributed by atoms with E-state index >= 15 is 0 Å². The van der Waals surface area contributed by atoms with Gasteiger partial charge in [-0.15, -0.1) is 32.5 Å². The SMILES string of the molecule is COc1cc2c(cc1OC)[C@@H]1[C@H](C)CO[P+]([O-])(N(CCCl)CCCl)N1CC2. The van der Waals surface area contributed by atoms with E-state index < -0.39 is 8.02 Å². The minimum atomic E-state index is -3.20. The van der Waals surface area contributed by atoms with Gasteiger partial charge >= 0.3 is 0 Å². The molecule has 0 amide bonds. The molecule has 0 N–H and O–H groups in total. The summed E-state index contributed by atoms with van der Waals surface area (Å²) in [4.78, 5) is 14.0. The molecule has 1 fully saturated rings. The maximum absolute atomic E-state index is 14.0. The molecule has 2 aliphatic heterocycles. The highest BCUT2D eigenvalue weighted by atomic mass is 35.5. The van der Waals surface area contributed by atoms with Crippen LogP contribution in [0.3, 0.4) is 0 Å². The molecule has 0 aromatic heterocycles. The van der Waals surface area contributed by atoms with Gasteiger partial charge in [-0.05, 0) is 29.7 Å². The van der Waals surface area contributed by atoms with Gasteiger partial charge in [0.1, 0.15) is 0 Å². The van der Waals surface area contributed by atoms with Gasteiger partial charge in [-0.25, -0.2) is 4.52 Å². The normalized spacial score (nSPS) is 28.0. The van der Waals surface area contributed by atoms with Crippen LogP contribution in [0, 0.1) is 5.92 Å². The Balaban J connectivity index is 2.02. The molecule has 1 unspecified atom stereocenters. The third-order valence-corrected chi connectivity index (χ3v) is 8.34. The van der Waals surface area contributed by atoms with Crippen LogP contribution in [0.15, 0.2) is 12.1 Å². The fourth-order valence-electron chi connectivity index (χ4n) is 4.03. The molecule has 2 aliphatic rings. The van der Waals surface area contributed by atoms with E-state index in [1.54, 1.807) is 14.2 Å². The average Bonchev–Trinajstić information content (AvgIpc) is 2.69. The summed E-state index contributed by atoms with van der Waals surface area (Å²) in [5.41, 5.74) is 2.34. The number of alkyl halides is 2. The van der Waals surface area contributed by atoms with Crippen LogP contribution in [-0.2, 0) is 10.9 Å². The van der Waals surface area contributed by atoms with Gasteiger partial charge in [0.25, 0.3) is 8.02 Å². The molecule has 27 heavy (non-hydrogen) atoms. The fourth-order valence-corrected chi connectivity index (χ4v) is 7.47. The maximum Gasteiger partial charge on any atom is 0.253 e. The molecule has 152 valence electrons. The molecule has 0 bridgehead atoms. The van der Waals surface area contributed by atoms with Crippen molar-refractivity contribution in [3.63, 3.8) is 0 Å². The Hall–Kier alpha value is -0.330. The first-order valence-corrected chi connectivity index (χ1v) is 11.7. The lowest BCUT2D eigenvalue weighted by atomic mass is 9.87. The number of ether oxygens (including phenoxy) is 2. The monoisotopic (exact) mass is 436 g/mol. The van der Waals surface area contributed by atoms with E-state index in [-0.39, 0.29) is 12.0 Å². The van der Waals surface area contributed by atoms with Crippen LogP contribution in [0.2, 0.25) is 0 Å². The molecule has 0 saturated carbocycles. The third kappa shape index (κ3) is 3.91. The number of rotatable bonds is 7. The zero-order chi connectivity index (χ0) is 19.6. The van der Waals surface area contributed by atoms with Crippen LogP contribution in [0.4, 0.5) is 0 Å². The highest BCUT2D eigenvalue weighted by molar-refractivity contribution is 7.59. The maximum atomic E-state index is 14.0. The van der Waals surface area contributed by atoms with E-state index in [2.05, 4.69) is 6.92 Å². The van der Waals surface area contributed by atoms with Crippen molar-refractivity contribution < 1.29 is 18.9 Å². The molecule has 3 rings (SSSR count). The van der Waals surface area contributed by atoms with Crippen LogP contribution in [0.25, 0.3) is 0 Å². The fraction of sp³-hybridized carbons (Fsp3) is 0.667. The first-order chi connectivity index (χ1) is 13.0. The van der Waals surface area contributed by atoms with Crippen molar-refractivity contribution in [3.8, 4) is 11.5 Å². The molecular weight excluding hydrogens is 410 g/mol. The highest BCUT2D eigenvalue weighted by Gasteiger charge is 2.54. The third-order valence-electron chi connectivity index (χ3n) is 5.31. The lowest BCUT2D eigenvalue weighted by Gasteiger charge is -2.53. The van der Waals surface area contributed by atoms with Crippen molar-refractivity contribution in [1.82, 2.24) is 9.34 Å². The molecule has 1 saturated heterocycles. The van der Waals surface area contributed by atoms with Gasteiger partial charge in [-0.3, -0.25) is 0 Å². The molecule has 0 radical (unpaired) electrons. The van der Waals surface area contributed by atoms with Crippen LogP contribution in [0.1, 0.15) is 24.1 Å². The Bertz CT molecular complexity index is 662. The van der Waals surface area contributed by atoms with Gasteiger partial charge in [0, 0.05) is 24.2 Å². The van der Waals surface area contributed by atoms with Crippen molar-refractivity contribution in [1.29, 1.82) is 0 Å². The summed E-state index contributed by atoms with van der Waals surface area (Å²) in [6.07, 6.45) is 0.766. The summed E-state index contributed by atoms with van der Waals surface area (Å²) in [6, 6.07) is 4.04. The van der Waals surface area contributed by atoms with E-state index in [0.717, 1.165) is 17.7 Å². The topological polar surface area (TPSA) is 57.2 Å². The second-order valence-corrected chi connectivity index (χ2v) is 9.93. The van der Waals surface area contributed by atoms with E-state index in [1.807, 2.05) is 21.5 Å². The van der Waals surface area contributed by atoms with Crippen LogP contribution in [-0.4, -0.2) is 61.6 Å². The summed E-state index contributed by atoms with van der Waals surface area (Å²) < 4.78 is 20.8. The summed E-state index contributed by atoms with van der Waals surface area (Å²) >= 11 is 11.9. The van der Waals surface area contributed by atoms with E-state index in [9.17, 15) is 4.89 Å². The predicted octanol–water partition coefficient (Wildman–Crippen LogP) is 3.09. The molecular formula is C18H27Cl2N2O4P. The van der Waals surface area contributed by atoms with Crippen molar-refractivity contribution in [2.45, 2.75) is 19.4 Å². The molecule has 0 spiro atoms. The Morgan fingerprint density at radius 3 is 2.44 bits per heavy atom. The Labute approximate surface area is 171 Å². The van der Waals surface area contributed by atoms with Crippen molar-refractivity contribution in [3.05, 3.63) is 23.3 Å². The summed E-state index contributed by atoms with van der Waals surface area (Å²) in [5.74, 6) is 2.35. The van der Waals surface area contributed by atoms with Gasteiger partial charge in [-0.1, -0.05) is 6.92 Å². The van der Waals surface area contributed by atoms with Crippen LogP contribution in [0.5, 0.6) is 11.5 Å². The minimum Gasteiger partial charge on any atom is -0.626 e. The lowest BCUT2D eigenvalue weighted by molar-refractivity contribution is -0.233. The molecule has 1 aromatic rings.